The Labute approximate surface area is 168 Å². The molecule has 4 rings (SSSR count). The van der Waals surface area contributed by atoms with Crippen LogP contribution in [0.15, 0.2) is 59.7 Å². The molecule has 0 atom stereocenters. The van der Waals surface area contributed by atoms with E-state index in [1.165, 1.54) is 34.7 Å². The molecule has 29 heavy (non-hydrogen) atoms. The number of benzene rings is 2. The van der Waals surface area contributed by atoms with Gasteiger partial charge in [0.1, 0.15) is 12.4 Å². The normalized spacial score (nSPS) is 15.0. The number of nitrogens with zero attached hydrogens (tertiary/aromatic N) is 3. The zero-order valence-electron chi connectivity index (χ0n) is 16.3. The average Bonchev–Trinajstić information content (AvgIpc) is 2.75. The predicted octanol–water partition coefficient (Wildman–Crippen LogP) is 3.41. The minimum atomic E-state index is -0.488. The van der Waals surface area contributed by atoms with Crippen LogP contribution in [0.25, 0.3) is 10.9 Å². The lowest BCUT2D eigenvalue weighted by atomic mass is 9.90. The van der Waals surface area contributed by atoms with Gasteiger partial charge in [-0.05, 0) is 55.4 Å². The summed E-state index contributed by atoms with van der Waals surface area (Å²) in [6.45, 7) is 1.36. The van der Waals surface area contributed by atoms with Crippen molar-refractivity contribution in [3.05, 3.63) is 76.6 Å². The number of carbonyl (C=O) groups excluding carboxylic acids is 1. The standard InChI is InChI=1S/C23H24FN3O2/c24-19-8-9-21-20(14-19)23(29)27(16-25-21)15-22(28)26-12-10-18(11-13-26)7-6-17-4-2-1-3-5-17/h1-5,8-9,14,16,18H,6-7,10-13,15H2. The lowest BCUT2D eigenvalue weighted by Gasteiger charge is -2.32. The highest BCUT2D eigenvalue weighted by Gasteiger charge is 2.23. The number of aromatic nitrogens is 2. The zero-order valence-corrected chi connectivity index (χ0v) is 16.3. The Bertz CT molecular complexity index is 1060. The molecule has 0 spiro atoms. The Balaban J connectivity index is 1.34. The molecule has 2 aromatic carbocycles. The van der Waals surface area contributed by atoms with Crippen molar-refractivity contribution in [2.75, 3.05) is 13.1 Å². The maximum absolute atomic E-state index is 13.5. The number of aryl methyl sites for hydroxylation is 1. The SMILES string of the molecule is O=C(Cn1cnc2ccc(F)cc2c1=O)N1CCC(CCc2ccccc2)CC1. The van der Waals surface area contributed by atoms with Gasteiger partial charge in [0.25, 0.3) is 5.56 Å². The van der Waals surface area contributed by atoms with Crippen molar-refractivity contribution >= 4 is 16.8 Å². The molecule has 2 heterocycles. The molecule has 3 aromatic rings. The summed E-state index contributed by atoms with van der Waals surface area (Å²) >= 11 is 0. The first-order chi connectivity index (χ1) is 14.1. The van der Waals surface area contributed by atoms with Crippen LogP contribution in [-0.4, -0.2) is 33.4 Å². The monoisotopic (exact) mass is 393 g/mol. The van der Waals surface area contributed by atoms with Crippen LogP contribution in [0.2, 0.25) is 0 Å². The van der Waals surface area contributed by atoms with Crippen LogP contribution >= 0.6 is 0 Å². The Hall–Kier alpha value is -3.02. The average molecular weight is 393 g/mol. The van der Waals surface area contributed by atoms with Crippen LogP contribution in [0.1, 0.15) is 24.8 Å². The molecule has 1 aromatic heterocycles. The van der Waals surface area contributed by atoms with E-state index in [-0.39, 0.29) is 23.4 Å². The van der Waals surface area contributed by atoms with E-state index in [1.54, 1.807) is 0 Å². The topological polar surface area (TPSA) is 55.2 Å². The summed E-state index contributed by atoms with van der Waals surface area (Å²) in [5, 5.41) is 0.194. The van der Waals surface area contributed by atoms with Crippen molar-refractivity contribution in [2.45, 2.75) is 32.2 Å². The Morgan fingerprint density at radius 2 is 1.86 bits per heavy atom. The van der Waals surface area contributed by atoms with Crippen LogP contribution < -0.4 is 5.56 Å². The number of amides is 1. The van der Waals surface area contributed by atoms with E-state index in [9.17, 15) is 14.0 Å². The van der Waals surface area contributed by atoms with Crippen LogP contribution in [0.3, 0.4) is 0 Å². The smallest absolute Gasteiger partial charge is 0.261 e. The van der Waals surface area contributed by atoms with E-state index >= 15 is 0 Å². The molecule has 5 nitrogen and oxygen atoms in total. The highest BCUT2D eigenvalue weighted by atomic mass is 19.1. The number of likely N-dealkylation sites (tertiary alicyclic amines) is 1. The highest BCUT2D eigenvalue weighted by Crippen LogP contribution is 2.22. The number of hydrogen-bond donors (Lipinski definition) is 0. The summed E-state index contributed by atoms with van der Waals surface area (Å²) < 4.78 is 14.7. The molecule has 0 bridgehead atoms. The van der Waals surface area contributed by atoms with Gasteiger partial charge in [0.15, 0.2) is 0 Å². The van der Waals surface area contributed by atoms with Crippen molar-refractivity contribution in [1.29, 1.82) is 0 Å². The van der Waals surface area contributed by atoms with E-state index in [2.05, 4.69) is 29.2 Å². The van der Waals surface area contributed by atoms with Gasteiger partial charge in [0, 0.05) is 13.1 Å². The molecule has 1 fully saturated rings. The zero-order chi connectivity index (χ0) is 20.2. The van der Waals surface area contributed by atoms with E-state index in [4.69, 9.17) is 0 Å². The third-order valence-corrected chi connectivity index (χ3v) is 5.74. The fourth-order valence-electron chi connectivity index (χ4n) is 3.98. The van der Waals surface area contributed by atoms with Crippen molar-refractivity contribution in [1.82, 2.24) is 14.5 Å². The maximum Gasteiger partial charge on any atom is 0.261 e. The first-order valence-electron chi connectivity index (χ1n) is 10.1. The van der Waals surface area contributed by atoms with Crippen molar-refractivity contribution < 1.29 is 9.18 Å². The Morgan fingerprint density at radius 3 is 2.62 bits per heavy atom. The molecule has 0 aliphatic carbocycles. The molecular formula is C23H24FN3O2. The van der Waals surface area contributed by atoms with Gasteiger partial charge < -0.3 is 4.90 Å². The fraction of sp³-hybridized carbons (Fsp3) is 0.348. The molecule has 0 N–H and O–H groups in total. The Kier molecular flexibility index (Phi) is 5.69. The summed E-state index contributed by atoms with van der Waals surface area (Å²) in [5.74, 6) is 0.0384. The quantitative estimate of drug-likeness (QED) is 0.668. The molecule has 6 heteroatoms. The summed E-state index contributed by atoms with van der Waals surface area (Å²) in [6.07, 6.45) is 5.52. The second-order valence-electron chi connectivity index (χ2n) is 7.69. The van der Waals surface area contributed by atoms with Crippen molar-refractivity contribution in [2.24, 2.45) is 5.92 Å². The predicted molar refractivity (Wildman–Crippen MR) is 110 cm³/mol. The molecule has 0 unspecified atom stereocenters. The summed E-state index contributed by atoms with van der Waals surface area (Å²) in [7, 11) is 0. The van der Waals surface area contributed by atoms with Crippen LogP contribution in [0.4, 0.5) is 4.39 Å². The van der Waals surface area contributed by atoms with Crippen LogP contribution in [-0.2, 0) is 17.8 Å². The van der Waals surface area contributed by atoms with E-state index in [1.807, 2.05) is 11.0 Å². The van der Waals surface area contributed by atoms with Crippen molar-refractivity contribution in [3.63, 3.8) is 0 Å². The minimum absolute atomic E-state index is 0.0625. The van der Waals surface area contributed by atoms with Gasteiger partial charge >= 0.3 is 0 Å². The maximum atomic E-state index is 13.5. The van der Waals surface area contributed by atoms with Crippen LogP contribution in [0.5, 0.6) is 0 Å². The van der Waals surface area contributed by atoms with Gasteiger partial charge in [0.2, 0.25) is 5.91 Å². The number of hydrogen-bond acceptors (Lipinski definition) is 3. The number of piperidine rings is 1. The summed E-state index contributed by atoms with van der Waals surface area (Å²) in [6, 6.07) is 14.4. The lowest BCUT2D eigenvalue weighted by Crippen LogP contribution is -2.41. The summed E-state index contributed by atoms with van der Waals surface area (Å²) in [5.41, 5.74) is 1.39. The molecule has 0 saturated carbocycles. The van der Waals surface area contributed by atoms with Crippen LogP contribution in [0, 0.1) is 11.7 Å². The van der Waals surface area contributed by atoms with E-state index in [0.29, 0.717) is 24.5 Å². The second-order valence-corrected chi connectivity index (χ2v) is 7.69. The van der Waals surface area contributed by atoms with Gasteiger partial charge in [-0.1, -0.05) is 30.3 Å². The van der Waals surface area contributed by atoms with Crippen molar-refractivity contribution in [3.8, 4) is 0 Å². The minimum Gasteiger partial charge on any atom is -0.341 e. The van der Waals surface area contributed by atoms with Gasteiger partial charge in [-0.25, -0.2) is 9.37 Å². The summed E-state index contributed by atoms with van der Waals surface area (Å²) in [4.78, 5) is 31.2. The number of halogens is 1. The largest absolute Gasteiger partial charge is 0.341 e. The number of rotatable bonds is 5. The van der Waals surface area contributed by atoms with E-state index < -0.39 is 5.82 Å². The molecular weight excluding hydrogens is 369 g/mol. The van der Waals surface area contributed by atoms with Gasteiger partial charge in [-0.15, -0.1) is 0 Å². The first kappa shape index (κ1) is 19.3. The highest BCUT2D eigenvalue weighted by molar-refractivity contribution is 5.79. The van der Waals surface area contributed by atoms with Gasteiger partial charge in [-0.2, -0.15) is 0 Å². The number of carbonyl (C=O) groups is 1. The molecule has 150 valence electrons. The third kappa shape index (κ3) is 4.53. The molecule has 1 aliphatic heterocycles. The number of fused-ring (bicyclic) bond motifs is 1. The third-order valence-electron chi connectivity index (χ3n) is 5.74. The molecule has 1 aliphatic rings. The van der Waals surface area contributed by atoms with Gasteiger partial charge in [0.05, 0.1) is 17.2 Å². The molecule has 1 amide bonds. The second kappa shape index (κ2) is 8.55. The lowest BCUT2D eigenvalue weighted by molar-refractivity contribution is -0.133. The Morgan fingerprint density at radius 1 is 1.10 bits per heavy atom. The fourth-order valence-corrected chi connectivity index (χ4v) is 3.98. The first-order valence-corrected chi connectivity index (χ1v) is 10.1. The van der Waals surface area contributed by atoms with Gasteiger partial charge in [-0.3, -0.25) is 14.2 Å². The molecule has 1 saturated heterocycles. The molecule has 0 radical (unpaired) electrons. The van der Waals surface area contributed by atoms with E-state index in [0.717, 1.165) is 25.7 Å².